The number of piperidine rings is 1. The first-order chi connectivity index (χ1) is 20.5. The standard InChI is InChI=1S/C33H49N3O6S/c1-33(2,3)42-32(37)34-17-6-21-40-25-27-8-11-30(12-9-27)35-18-14-26(15-19-35)7-5-22-41-31-13-10-29-24-36(43(4,38)39)20-16-28(29)23-31/h8-13,23,26H,5-7,14-22,24-25H2,1-4H3,(H,34,37). The van der Waals surface area contributed by atoms with E-state index in [1.165, 1.54) is 41.1 Å². The fourth-order valence-corrected chi connectivity index (χ4v) is 6.39. The number of ether oxygens (including phenoxy) is 3. The summed E-state index contributed by atoms with van der Waals surface area (Å²) in [6.45, 7) is 11.0. The summed E-state index contributed by atoms with van der Waals surface area (Å²) < 4.78 is 42.3. The van der Waals surface area contributed by atoms with E-state index < -0.39 is 21.7 Å². The predicted octanol–water partition coefficient (Wildman–Crippen LogP) is 5.51. The van der Waals surface area contributed by atoms with Gasteiger partial charge >= 0.3 is 6.09 Å². The quantitative estimate of drug-likeness (QED) is 0.297. The van der Waals surface area contributed by atoms with Gasteiger partial charge in [-0.3, -0.25) is 0 Å². The number of fused-ring (bicyclic) bond motifs is 1. The molecule has 238 valence electrons. The lowest BCUT2D eigenvalue weighted by molar-refractivity contribution is 0.0518. The molecule has 4 rings (SSSR count). The zero-order chi connectivity index (χ0) is 30.9. The van der Waals surface area contributed by atoms with E-state index >= 15 is 0 Å². The van der Waals surface area contributed by atoms with Crippen molar-refractivity contribution in [1.82, 2.24) is 9.62 Å². The van der Waals surface area contributed by atoms with Crippen LogP contribution in [0, 0.1) is 5.92 Å². The number of nitrogens with one attached hydrogen (secondary N) is 1. The Morgan fingerprint density at radius 3 is 2.42 bits per heavy atom. The first-order valence-electron chi connectivity index (χ1n) is 15.5. The summed E-state index contributed by atoms with van der Waals surface area (Å²) in [5.74, 6) is 1.60. The van der Waals surface area contributed by atoms with Crippen LogP contribution in [0.15, 0.2) is 42.5 Å². The average molecular weight is 616 g/mol. The second kappa shape index (κ2) is 15.3. The largest absolute Gasteiger partial charge is 0.494 e. The van der Waals surface area contributed by atoms with Gasteiger partial charge in [0.15, 0.2) is 0 Å². The van der Waals surface area contributed by atoms with Crippen LogP contribution in [-0.2, 0) is 39.1 Å². The van der Waals surface area contributed by atoms with Crippen molar-refractivity contribution >= 4 is 21.8 Å². The van der Waals surface area contributed by atoms with E-state index in [-0.39, 0.29) is 0 Å². The number of sulfonamides is 1. The lowest BCUT2D eigenvalue weighted by Crippen LogP contribution is -2.35. The van der Waals surface area contributed by atoms with Gasteiger partial charge in [0.25, 0.3) is 0 Å². The molecule has 0 spiro atoms. The van der Waals surface area contributed by atoms with Crippen molar-refractivity contribution in [3.05, 3.63) is 59.2 Å². The van der Waals surface area contributed by atoms with Gasteiger partial charge < -0.3 is 24.4 Å². The molecule has 1 N–H and O–H groups in total. The van der Waals surface area contributed by atoms with E-state index in [2.05, 4.69) is 40.5 Å². The molecule has 1 amide bonds. The molecular weight excluding hydrogens is 566 g/mol. The molecule has 0 radical (unpaired) electrons. The molecule has 0 saturated carbocycles. The Balaban J connectivity index is 1.07. The van der Waals surface area contributed by atoms with Gasteiger partial charge in [0.2, 0.25) is 10.0 Å². The molecular formula is C33H49N3O6S. The number of rotatable bonds is 13. The van der Waals surface area contributed by atoms with Gasteiger partial charge in [0.05, 0.1) is 19.5 Å². The molecule has 2 aromatic rings. The van der Waals surface area contributed by atoms with Crippen LogP contribution in [0.2, 0.25) is 0 Å². The van der Waals surface area contributed by atoms with E-state index in [4.69, 9.17) is 14.2 Å². The summed E-state index contributed by atoms with van der Waals surface area (Å²) in [5.41, 5.74) is 4.18. The number of benzene rings is 2. The molecule has 0 atom stereocenters. The molecule has 2 heterocycles. The highest BCUT2D eigenvalue weighted by molar-refractivity contribution is 7.88. The highest BCUT2D eigenvalue weighted by atomic mass is 32.2. The van der Waals surface area contributed by atoms with E-state index in [0.29, 0.717) is 39.5 Å². The van der Waals surface area contributed by atoms with E-state index in [1.54, 1.807) is 0 Å². The number of carbonyl (C=O) groups is 1. The van der Waals surface area contributed by atoms with E-state index in [9.17, 15) is 13.2 Å². The number of anilines is 1. The summed E-state index contributed by atoms with van der Waals surface area (Å²) in [4.78, 5) is 14.1. The Hall–Kier alpha value is -2.82. The van der Waals surface area contributed by atoms with Crippen LogP contribution in [0.1, 0.15) is 69.6 Å². The highest BCUT2D eigenvalue weighted by Gasteiger charge is 2.23. The Morgan fingerprint density at radius 1 is 0.977 bits per heavy atom. The SMILES string of the molecule is CC(C)(C)OC(=O)NCCCOCc1ccc(N2CCC(CCCOc3ccc4c(c3)CCN(S(C)(=O)=O)C4)CC2)cc1. The average Bonchev–Trinajstić information content (AvgIpc) is 2.96. The summed E-state index contributed by atoms with van der Waals surface area (Å²) in [6, 6.07) is 14.7. The van der Waals surface area contributed by atoms with Gasteiger partial charge in [0, 0.05) is 45.0 Å². The number of nitrogens with zero attached hydrogens (tertiary/aromatic N) is 2. The molecule has 43 heavy (non-hydrogen) atoms. The van der Waals surface area contributed by atoms with Crippen molar-refractivity contribution in [2.75, 3.05) is 50.5 Å². The molecule has 1 saturated heterocycles. The maximum Gasteiger partial charge on any atom is 0.407 e. The molecule has 0 bridgehead atoms. The van der Waals surface area contributed by atoms with Gasteiger partial charge in [-0.1, -0.05) is 18.2 Å². The van der Waals surface area contributed by atoms with Gasteiger partial charge in [-0.05, 0) is 106 Å². The van der Waals surface area contributed by atoms with Gasteiger partial charge in [-0.25, -0.2) is 13.2 Å². The number of carbonyl (C=O) groups excluding carboxylic acids is 1. The molecule has 2 aliphatic rings. The topological polar surface area (TPSA) is 97.4 Å². The van der Waals surface area contributed by atoms with Gasteiger partial charge in [-0.2, -0.15) is 4.31 Å². The number of hydrogen-bond donors (Lipinski definition) is 1. The zero-order valence-electron chi connectivity index (χ0n) is 26.3. The molecule has 2 aromatic carbocycles. The van der Waals surface area contributed by atoms with Crippen molar-refractivity contribution in [2.24, 2.45) is 5.92 Å². The van der Waals surface area contributed by atoms with Crippen LogP contribution in [-0.4, -0.2) is 70.1 Å². The van der Waals surface area contributed by atoms with Crippen LogP contribution < -0.4 is 15.0 Å². The molecule has 9 nitrogen and oxygen atoms in total. The summed E-state index contributed by atoms with van der Waals surface area (Å²) >= 11 is 0. The second-order valence-corrected chi connectivity index (χ2v) is 14.7. The molecule has 0 unspecified atom stereocenters. The minimum absolute atomic E-state index is 0.393. The Morgan fingerprint density at radius 2 is 1.72 bits per heavy atom. The highest BCUT2D eigenvalue weighted by Crippen LogP contribution is 2.28. The summed E-state index contributed by atoms with van der Waals surface area (Å²) in [6.07, 6.45) is 6.94. The fraction of sp³-hybridized carbons (Fsp3) is 0.606. The maximum absolute atomic E-state index is 11.8. The van der Waals surface area contributed by atoms with Gasteiger partial charge in [0.1, 0.15) is 11.4 Å². The second-order valence-electron chi connectivity index (χ2n) is 12.7. The number of alkyl carbamates (subject to hydrolysis) is 1. The third-order valence-electron chi connectivity index (χ3n) is 7.97. The summed E-state index contributed by atoms with van der Waals surface area (Å²) in [5, 5.41) is 2.75. The molecule has 10 heteroatoms. The van der Waals surface area contributed by atoms with Crippen molar-refractivity contribution in [3.8, 4) is 5.75 Å². The van der Waals surface area contributed by atoms with Crippen LogP contribution in [0.5, 0.6) is 5.75 Å². The molecule has 0 aromatic heterocycles. The minimum Gasteiger partial charge on any atom is -0.494 e. The van der Waals surface area contributed by atoms with Crippen molar-refractivity contribution in [1.29, 1.82) is 0 Å². The number of hydrogen-bond acceptors (Lipinski definition) is 7. The summed E-state index contributed by atoms with van der Waals surface area (Å²) in [7, 11) is -3.16. The normalized spacial score (nSPS) is 16.5. The molecule has 2 aliphatic heterocycles. The van der Waals surface area contributed by atoms with E-state index in [0.717, 1.165) is 55.1 Å². The monoisotopic (exact) mass is 615 g/mol. The fourth-order valence-electron chi connectivity index (χ4n) is 5.59. The molecule has 1 fully saturated rings. The predicted molar refractivity (Wildman–Crippen MR) is 170 cm³/mol. The van der Waals surface area contributed by atoms with Crippen molar-refractivity contribution in [2.45, 2.75) is 78.0 Å². The van der Waals surface area contributed by atoms with Crippen LogP contribution >= 0.6 is 0 Å². The van der Waals surface area contributed by atoms with E-state index in [1.807, 2.05) is 32.9 Å². The molecule has 0 aliphatic carbocycles. The Kier molecular flexibility index (Phi) is 11.7. The lowest BCUT2D eigenvalue weighted by atomic mass is 9.92. The minimum atomic E-state index is -3.16. The van der Waals surface area contributed by atoms with Crippen molar-refractivity contribution < 1.29 is 27.4 Å². The Labute approximate surface area is 257 Å². The maximum atomic E-state index is 11.8. The third kappa shape index (κ3) is 11.0. The van der Waals surface area contributed by atoms with Crippen molar-refractivity contribution in [3.63, 3.8) is 0 Å². The zero-order valence-corrected chi connectivity index (χ0v) is 27.1. The van der Waals surface area contributed by atoms with Crippen LogP contribution in [0.3, 0.4) is 0 Å². The Bertz CT molecular complexity index is 1280. The first kappa shape index (κ1) is 33.1. The number of amides is 1. The van der Waals surface area contributed by atoms with Gasteiger partial charge in [-0.15, -0.1) is 0 Å². The first-order valence-corrected chi connectivity index (χ1v) is 17.4. The smallest absolute Gasteiger partial charge is 0.407 e. The third-order valence-corrected chi connectivity index (χ3v) is 9.22. The van der Waals surface area contributed by atoms with Crippen LogP contribution in [0.4, 0.5) is 10.5 Å². The van der Waals surface area contributed by atoms with Crippen LogP contribution in [0.25, 0.3) is 0 Å². The lowest BCUT2D eigenvalue weighted by Gasteiger charge is -2.33.